The minimum Gasteiger partial charge on any atom is -0.395 e. The molecule has 0 aliphatic rings. The zero-order chi connectivity index (χ0) is 13.5. The van der Waals surface area contributed by atoms with Gasteiger partial charge in [0.25, 0.3) is 0 Å². The minimum atomic E-state index is -0.127. The van der Waals surface area contributed by atoms with Crippen LogP contribution in [0.3, 0.4) is 0 Å². The predicted octanol–water partition coefficient (Wildman–Crippen LogP) is 2.27. The lowest BCUT2D eigenvalue weighted by atomic mass is 9.87. The van der Waals surface area contributed by atoms with E-state index in [9.17, 15) is 4.79 Å². The summed E-state index contributed by atoms with van der Waals surface area (Å²) in [6.45, 7) is 7.11. The van der Waals surface area contributed by atoms with E-state index in [-0.39, 0.29) is 24.3 Å². The maximum Gasteiger partial charge on any atom is 0.230 e. The van der Waals surface area contributed by atoms with Crippen LogP contribution in [-0.4, -0.2) is 35.6 Å². The van der Waals surface area contributed by atoms with E-state index in [0.29, 0.717) is 13.1 Å². The van der Waals surface area contributed by atoms with Crippen LogP contribution in [0.15, 0.2) is 30.3 Å². The molecule has 1 aromatic carbocycles. The highest BCUT2D eigenvalue weighted by Gasteiger charge is 2.27. The molecular formula is C15H23NO2. The maximum absolute atomic E-state index is 12.5. The van der Waals surface area contributed by atoms with E-state index in [0.717, 1.165) is 5.56 Å². The van der Waals surface area contributed by atoms with Gasteiger partial charge in [0.2, 0.25) is 5.91 Å². The molecule has 0 aliphatic heterocycles. The molecule has 0 radical (unpaired) electrons. The number of hydrogen-bond donors (Lipinski definition) is 1. The Morgan fingerprint density at radius 1 is 1.28 bits per heavy atom. The zero-order valence-corrected chi connectivity index (χ0v) is 11.5. The second-order valence-electron chi connectivity index (χ2n) is 4.77. The van der Waals surface area contributed by atoms with Gasteiger partial charge in [0, 0.05) is 13.1 Å². The molecule has 3 nitrogen and oxygen atoms in total. The average molecular weight is 249 g/mol. The SMILES string of the molecule is CCN(CCO)C(=O)C(c1ccccc1)C(C)C. The molecule has 0 heterocycles. The number of aliphatic hydroxyl groups is 1. The average Bonchev–Trinajstić information content (AvgIpc) is 2.36. The fourth-order valence-corrected chi connectivity index (χ4v) is 2.21. The Morgan fingerprint density at radius 3 is 2.33 bits per heavy atom. The Hall–Kier alpha value is -1.35. The van der Waals surface area contributed by atoms with Crippen LogP contribution >= 0.6 is 0 Å². The van der Waals surface area contributed by atoms with Gasteiger partial charge in [-0.05, 0) is 18.4 Å². The van der Waals surface area contributed by atoms with Gasteiger partial charge in [-0.2, -0.15) is 0 Å². The van der Waals surface area contributed by atoms with Gasteiger partial charge in [-0.25, -0.2) is 0 Å². The van der Waals surface area contributed by atoms with Crippen molar-refractivity contribution in [3.05, 3.63) is 35.9 Å². The summed E-state index contributed by atoms with van der Waals surface area (Å²) in [6, 6.07) is 9.86. The molecule has 1 atom stereocenters. The topological polar surface area (TPSA) is 40.5 Å². The highest BCUT2D eigenvalue weighted by molar-refractivity contribution is 5.84. The summed E-state index contributed by atoms with van der Waals surface area (Å²) in [5.74, 6) is 0.220. The number of carbonyl (C=O) groups is 1. The molecule has 1 unspecified atom stereocenters. The summed E-state index contributed by atoms with van der Waals surface area (Å²) in [5.41, 5.74) is 1.05. The van der Waals surface area contributed by atoms with Crippen molar-refractivity contribution in [3.8, 4) is 0 Å². The van der Waals surface area contributed by atoms with Crippen LogP contribution in [0.1, 0.15) is 32.3 Å². The molecule has 0 aromatic heterocycles. The van der Waals surface area contributed by atoms with Crippen molar-refractivity contribution in [2.24, 2.45) is 5.92 Å². The van der Waals surface area contributed by atoms with Crippen molar-refractivity contribution >= 4 is 5.91 Å². The van der Waals surface area contributed by atoms with E-state index in [1.54, 1.807) is 4.90 Å². The number of rotatable bonds is 6. The quantitative estimate of drug-likeness (QED) is 0.840. The van der Waals surface area contributed by atoms with Crippen LogP contribution < -0.4 is 0 Å². The minimum absolute atomic E-state index is 0.0131. The highest BCUT2D eigenvalue weighted by Crippen LogP contribution is 2.26. The van der Waals surface area contributed by atoms with Gasteiger partial charge in [0.1, 0.15) is 0 Å². The number of nitrogens with zero attached hydrogens (tertiary/aromatic N) is 1. The van der Waals surface area contributed by atoms with E-state index in [2.05, 4.69) is 13.8 Å². The molecule has 0 bridgehead atoms. The van der Waals surface area contributed by atoms with Gasteiger partial charge in [-0.1, -0.05) is 44.2 Å². The first-order chi connectivity index (χ1) is 8.61. The molecule has 0 fully saturated rings. The predicted molar refractivity (Wildman–Crippen MR) is 73.4 cm³/mol. The van der Waals surface area contributed by atoms with Crippen molar-refractivity contribution in [1.82, 2.24) is 4.90 Å². The monoisotopic (exact) mass is 249 g/mol. The molecule has 100 valence electrons. The number of aliphatic hydroxyl groups excluding tert-OH is 1. The van der Waals surface area contributed by atoms with Gasteiger partial charge in [0.15, 0.2) is 0 Å². The molecule has 1 rings (SSSR count). The van der Waals surface area contributed by atoms with Gasteiger partial charge >= 0.3 is 0 Å². The molecule has 0 saturated heterocycles. The second kappa shape index (κ2) is 7.17. The lowest BCUT2D eigenvalue weighted by Crippen LogP contribution is -2.38. The second-order valence-corrected chi connectivity index (χ2v) is 4.77. The number of carbonyl (C=O) groups excluding carboxylic acids is 1. The molecule has 3 heteroatoms. The molecule has 0 spiro atoms. The Kier molecular flexibility index (Phi) is 5.86. The fourth-order valence-electron chi connectivity index (χ4n) is 2.21. The maximum atomic E-state index is 12.5. The lowest BCUT2D eigenvalue weighted by molar-refractivity contribution is -0.134. The standard InChI is InChI=1S/C15H23NO2/c1-4-16(10-11-17)15(18)14(12(2)3)13-8-6-5-7-9-13/h5-9,12,14,17H,4,10-11H2,1-3H3. The summed E-state index contributed by atoms with van der Waals surface area (Å²) in [6.07, 6.45) is 0. The van der Waals surface area contributed by atoms with Gasteiger partial charge < -0.3 is 10.0 Å². The molecule has 1 amide bonds. The van der Waals surface area contributed by atoms with Crippen LogP contribution in [-0.2, 0) is 4.79 Å². The molecule has 1 aromatic rings. The first-order valence-electron chi connectivity index (χ1n) is 6.56. The first kappa shape index (κ1) is 14.7. The third kappa shape index (κ3) is 3.57. The summed E-state index contributed by atoms with van der Waals surface area (Å²) in [5, 5.41) is 9.01. The molecule has 0 aliphatic carbocycles. The third-order valence-electron chi connectivity index (χ3n) is 3.15. The van der Waals surface area contributed by atoms with Crippen molar-refractivity contribution in [2.75, 3.05) is 19.7 Å². The normalized spacial score (nSPS) is 12.5. The summed E-state index contributed by atoms with van der Waals surface area (Å²) >= 11 is 0. The zero-order valence-electron chi connectivity index (χ0n) is 11.5. The van der Waals surface area contributed by atoms with Crippen LogP contribution in [0.2, 0.25) is 0 Å². The summed E-state index contributed by atoms with van der Waals surface area (Å²) in [7, 11) is 0. The number of likely N-dealkylation sites (N-methyl/N-ethyl adjacent to an activating group) is 1. The van der Waals surface area contributed by atoms with E-state index in [1.807, 2.05) is 37.3 Å². The highest BCUT2D eigenvalue weighted by atomic mass is 16.3. The van der Waals surface area contributed by atoms with Crippen molar-refractivity contribution in [1.29, 1.82) is 0 Å². The lowest BCUT2D eigenvalue weighted by Gasteiger charge is -2.28. The van der Waals surface area contributed by atoms with Crippen LogP contribution in [0.25, 0.3) is 0 Å². The van der Waals surface area contributed by atoms with Crippen molar-refractivity contribution in [3.63, 3.8) is 0 Å². The van der Waals surface area contributed by atoms with Crippen molar-refractivity contribution < 1.29 is 9.90 Å². The van der Waals surface area contributed by atoms with E-state index in [1.165, 1.54) is 0 Å². The van der Waals surface area contributed by atoms with Crippen LogP contribution in [0.5, 0.6) is 0 Å². The number of amides is 1. The number of benzene rings is 1. The summed E-state index contributed by atoms with van der Waals surface area (Å²) in [4.78, 5) is 14.2. The summed E-state index contributed by atoms with van der Waals surface area (Å²) < 4.78 is 0. The van der Waals surface area contributed by atoms with Gasteiger partial charge in [-0.15, -0.1) is 0 Å². The van der Waals surface area contributed by atoms with Crippen molar-refractivity contribution in [2.45, 2.75) is 26.7 Å². The number of hydrogen-bond acceptors (Lipinski definition) is 2. The van der Waals surface area contributed by atoms with Gasteiger partial charge in [0.05, 0.1) is 12.5 Å². The Labute approximate surface area is 109 Å². The van der Waals surface area contributed by atoms with Crippen LogP contribution in [0, 0.1) is 5.92 Å². The Morgan fingerprint density at radius 2 is 1.89 bits per heavy atom. The van der Waals surface area contributed by atoms with E-state index < -0.39 is 0 Å². The molecule has 1 N–H and O–H groups in total. The fraction of sp³-hybridized carbons (Fsp3) is 0.533. The Balaban J connectivity index is 2.95. The Bertz CT molecular complexity index is 362. The molecule has 18 heavy (non-hydrogen) atoms. The van der Waals surface area contributed by atoms with Crippen LogP contribution in [0.4, 0.5) is 0 Å². The third-order valence-corrected chi connectivity index (χ3v) is 3.15. The smallest absolute Gasteiger partial charge is 0.230 e. The molecule has 0 saturated carbocycles. The van der Waals surface area contributed by atoms with E-state index in [4.69, 9.17) is 5.11 Å². The van der Waals surface area contributed by atoms with E-state index >= 15 is 0 Å². The molecular weight excluding hydrogens is 226 g/mol. The van der Waals surface area contributed by atoms with Gasteiger partial charge in [-0.3, -0.25) is 4.79 Å². The largest absolute Gasteiger partial charge is 0.395 e. The first-order valence-corrected chi connectivity index (χ1v) is 6.56.